The molecule has 0 saturated heterocycles. The quantitative estimate of drug-likeness (QED) is 0.569. The molecule has 3 rings (SSSR count). The van der Waals surface area contributed by atoms with Gasteiger partial charge in [0.05, 0.1) is 18.1 Å². The second kappa shape index (κ2) is 9.69. The molecule has 1 N–H and O–H groups in total. The number of rotatable bonds is 8. The number of ether oxygens (including phenoxy) is 1. The lowest BCUT2D eigenvalue weighted by molar-refractivity contribution is 0.0981. The van der Waals surface area contributed by atoms with Crippen LogP contribution in [0.25, 0.3) is 11.3 Å². The summed E-state index contributed by atoms with van der Waals surface area (Å²) in [5.74, 6) is -0.479. The van der Waals surface area contributed by atoms with Crippen LogP contribution in [0.15, 0.2) is 60.7 Å². The number of carbonyl (C=O) groups is 1. The Morgan fingerprint density at radius 2 is 1.83 bits per heavy atom. The largest absolute Gasteiger partial charge is 0.476 e. The molecular formula is C21H20ClN3O4S. The number of sulfonamides is 1. The standard InChI is InChI=1S/C21H20ClN3O4S/c1-2-30(27,28)25-21(26)17-5-3-4-16(14-17)19-10-11-20(24-23-19)29-13-12-15-6-8-18(22)9-7-15/h3-11,14H,2,12-13H2,1H3,(H,25,26). The van der Waals surface area contributed by atoms with E-state index in [1.165, 1.54) is 13.0 Å². The van der Waals surface area contributed by atoms with Gasteiger partial charge in [-0.1, -0.05) is 35.9 Å². The van der Waals surface area contributed by atoms with Gasteiger partial charge in [0.25, 0.3) is 5.91 Å². The van der Waals surface area contributed by atoms with Crippen LogP contribution < -0.4 is 9.46 Å². The molecule has 156 valence electrons. The fourth-order valence-electron chi connectivity index (χ4n) is 2.57. The summed E-state index contributed by atoms with van der Waals surface area (Å²) in [5, 5.41) is 8.88. The van der Waals surface area contributed by atoms with Crippen molar-refractivity contribution in [3.8, 4) is 17.1 Å². The maximum absolute atomic E-state index is 12.2. The van der Waals surface area contributed by atoms with E-state index in [1.54, 1.807) is 30.3 Å². The predicted octanol–water partition coefficient (Wildman–Crippen LogP) is 3.50. The Morgan fingerprint density at radius 3 is 2.50 bits per heavy atom. The van der Waals surface area contributed by atoms with E-state index in [-0.39, 0.29) is 11.3 Å². The number of amides is 1. The van der Waals surface area contributed by atoms with Gasteiger partial charge in [-0.05, 0) is 42.8 Å². The van der Waals surface area contributed by atoms with E-state index in [2.05, 4.69) is 10.2 Å². The second-order valence-corrected chi connectivity index (χ2v) is 8.84. The summed E-state index contributed by atoms with van der Waals surface area (Å²) < 4.78 is 30.8. The number of hydrogen-bond acceptors (Lipinski definition) is 6. The van der Waals surface area contributed by atoms with E-state index < -0.39 is 15.9 Å². The molecule has 1 heterocycles. The average molecular weight is 446 g/mol. The summed E-state index contributed by atoms with van der Waals surface area (Å²) in [4.78, 5) is 12.2. The van der Waals surface area contributed by atoms with Crippen molar-refractivity contribution in [3.05, 3.63) is 76.8 Å². The minimum Gasteiger partial charge on any atom is -0.476 e. The average Bonchev–Trinajstić information content (AvgIpc) is 2.75. The summed E-state index contributed by atoms with van der Waals surface area (Å²) in [6.07, 6.45) is 0.707. The van der Waals surface area contributed by atoms with Crippen molar-refractivity contribution in [2.75, 3.05) is 12.4 Å². The van der Waals surface area contributed by atoms with Crippen LogP contribution in [-0.4, -0.2) is 36.9 Å². The molecule has 2 aromatic carbocycles. The lowest BCUT2D eigenvalue weighted by atomic mass is 10.1. The molecule has 1 aromatic heterocycles. The van der Waals surface area contributed by atoms with Crippen LogP contribution in [0.5, 0.6) is 5.88 Å². The predicted molar refractivity (Wildman–Crippen MR) is 115 cm³/mol. The van der Waals surface area contributed by atoms with Gasteiger partial charge in [-0.25, -0.2) is 13.1 Å². The van der Waals surface area contributed by atoms with Gasteiger partial charge in [-0.15, -0.1) is 10.2 Å². The van der Waals surface area contributed by atoms with Crippen molar-refractivity contribution in [2.24, 2.45) is 0 Å². The number of benzene rings is 2. The number of nitrogens with one attached hydrogen (secondary N) is 1. The molecule has 9 heteroatoms. The number of carbonyl (C=O) groups excluding carboxylic acids is 1. The first kappa shape index (κ1) is 21.7. The third-order valence-electron chi connectivity index (χ3n) is 4.24. The molecular weight excluding hydrogens is 426 g/mol. The number of aromatic nitrogens is 2. The van der Waals surface area contributed by atoms with Gasteiger partial charge < -0.3 is 4.74 Å². The Hall–Kier alpha value is -2.97. The third kappa shape index (κ3) is 6.01. The van der Waals surface area contributed by atoms with E-state index >= 15 is 0 Å². The zero-order chi connectivity index (χ0) is 21.6. The van der Waals surface area contributed by atoms with Gasteiger partial charge in [-0.3, -0.25) is 4.79 Å². The van der Waals surface area contributed by atoms with Crippen molar-refractivity contribution in [1.82, 2.24) is 14.9 Å². The van der Waals surface area contributed by atoms with Gasteiger partial charge in [0, 0.05) is 28.6 Å². The summed E-state index contributed by atoms with van der Waals surface area (Å²) in [5.41, 5.74) is 2.49. The van der Waals surface area contributed by atoms with Gasteiger partial charge in [0.2, 0.25) is 15.9 Å². The van der Waals surface area contributed by atoms with Gasteiger partial charge in [-0.2, -0.15) is 0 Å². The number of nitrogens with zero attached hydrogens (tertiary/aromatic N) is 2. The van der Waals surface area contributed by atoms with E-state index in [0.29, 0.717) is 35.2 Å². The van der Waals surface area contributed by atoms with Crippen LogP contribution in [0, 0.1) is 0 Å². The molecule has 0 radical (unpaired) electrons. The van der Waals surface area contributed by atoms with Crippen LogP contribution in [0.4, 0.5) is 0 Å². The molecule has 0 fully saturated rings. The van der Waals surface area contributed by atoms with E-state index in [4.69, 9.17) is 16.3 Å². The fourth-order valence-corrected chi connectivity index (χ4v) is 3.24. The molecule has 7 nitrogen and oxygen atoms in total. The lowest BCUT2D eigenvalue weighted by Gasteiger charge is -2.08. The van der Waals surface area contributed by atoms with Crippen molar-refractivity contribution < 1.29 is 17.9 Å². The molecule has 0 unspecified atom stereocenters. The molecule has 3 aromatic rings. The van der Waals surface area contributed by atoms with Crippen LogP contribution in [-0.2, 0) is 16.4 Å². The molecule has 0 bridgehead atoms. The Kier molecular flexibility index (Phi) is 7.02. The topological polar surface area (TPSA) is 98.2 Å². The van der Waals surface area contributed by atoms with Crippen molar-refractivity contribution in [2.45, 2.75) is 13.3 Å². The van der Waals surface area contributed by atoms with Gasteiger partial charge in [0.15, 0.2) is 0 Å². The highest BCUT2D eigenvalue weighted by atomic mass is 35.5. The highest BCUT2D eigenvalue weighted by molar-refractivity contribution is 7.90. The molecule has 0 saturated carbocycles. The Morgan fingerprint density at radius 1 is 1.07 bits per heavy atom. The zero-order valence-corrected chi connectivity index (χ0v) is 17.8. The first-order valence-corrected chi connectivity index (χ1v) is 11.3. The highest BCUT2D eigenvalue weighted by Gasteiger charge is 2.14. The SMILES string of the molecule is CCS(=O)(=O)NC(=O)c1cccc(-c2ccc(OCCc3ccc(Cl)cc3)nn2)c1. The monoisotopic (exact) mass is 445 g/mol. The Balaban J connectivity index is 1.63. The van der Waals surface area contributed by atoms with E-state index in [1.807, 2.05) is 29.0 Å². The first-order chi connectivity index (χ1) is 14.4. The maximum atomic E-state index is 12.2. The minimum absolute atomic E-state index is 0.177. The normalized spacial score (nSPS) is 11.1. The highest BCUT2D eigenvalue weighted by Crippen LogP contribution is 2.19. The van der Waals surface area contributed by atoms with Gasteiger partial charge in [0.1, 0.15) is 0 Å². The van der Waals surface area contributed by atoms with Crippen LogP contribution in [0.3, 0.4) is 0 Å². The molecule has 0 aliphatic rings. The van der Waals surface area contributed by atoms with E-state index in [0.717, 1.165) is 5.56 Å². The summed E-state index contributed by atoms with van der Waals surface area (Å²) in [6, 6.07) is 17.5. The van der Waals surface area contributed by atoms with Crippen molar-refractivity contribution >= 4 is 27.5 Å². The van der Waals surface area contributed by atoms with E-state index in [9.17, 15) is 13.2 Å². The molecule has 30 heavy (non-hydrogen) atoms. The Labute approximate surface area is 180 Å². The smallest absolute Gasteiger partial charge is 0.264 e. The zero-order valence-electron chi connectivity index (χ0n) is 16.2. The van der Waals surface area contributed by atoms with Crippen molar-refractivity contribution in [3.63, 3.8) is 0 Å². The number of halogens is 1. The van der Waals surface area contributed by atoms with Gasteiger partial charge >= 0.3 is 0 Å². The molecule has 0 spiro atoms. The van der Waals surface area contributed by atoms with Crippen LogP contribution in [0.1, 0.15) is 22.8 Å². The maximum Gasteiger partial charge on any atom is 0.264 e. The lowest BCUT2D eigenvalue weighted by Crippen LogP contribution is -2.31. The molecule has 1 amide bonds. The number of hydrogen-bond donors (Lipinski definition) is 1. The third-order valence-corrected chi connectivity index (χ3v) is 5.75. The summed E-state index contributed by atoms with van der Waals surface area (Å²) in [6.45, 7) is 1.90. The molecule has 0 aliphatic heterocycles. The summed E-state index contributed by atoms with van der Waals surface area (Å²) in [7, 11) is -3.63. The van der Waals surface area contributed by atoms with Crippen LogP contribution >= 0.6 is 11.6 Å². The first-order valence-electron chi connectivity index (χ1n) is 9.22. The molecule has 0 aliphatic carbocycles. The van der Waals surface area contributed by atoms with Crippen LogP contribution in [0.2, 0.25) is 5.02 Å². The fraction of sp³-hybridized carbons (Fsp3) is 0.190. The Bertz CT molecular complexity index is 1120. The minimum atomic E-state index is -3.63. The second-order valence-electron chi connectivity index (χ2n) is 6.40. The molecule has 0 atom stereocenters. The summed E-state index contributed by atoms with van der Waals surface area (Å²) >= 11 is 5.87. The van der Waals surface area contributed by atoms with Crippen molar-refractivity contribution in [1.29, 1.82) is 0 Å².